The average Bonchev–Trinajstić information content (AvgIpc) is 2.38. The van der Waals surface area contributed by atoms with Crippen LogP contribution in [0.4, 0.5) is 0 Å². The van der Waals surface area contributed by atoms with E-state index in [0.29, 0.717) is 6.61 Å². The minimum atomic E-state index is 0.0273. The van der Waals surface area contributed by atoms with Crippen LogP contribution < -0.4 is 0 Å². The molecular weight excluding hydrogens is 224 g/mol. The third kappa shape index (κ3) is 9.49. The highest BCUT2D eigenvalue weighted by atomic mass is 16.5. The molecule has 108 valence electrons. The van der Waals surface area contributed by atoms with E-state index in [1.54, 1.807) is 0 Å². The first-order valence-electron chi connectivity index (χ1n) is 7.92. The standard InChI is InChI=1S/C16H32O2/c1-4-7-9-10-11-12-14-18-16(17)15(6-3)13-8-5-2/h15H,4-14H2,1-3H3. The van der Waals surface area contributed by atoms with E-state index in [4.69, 9.17) is 4.74 Å². The lowest BCUT2D eigenvalue weighted by atomic mass is 10.00. The number of carbonyl (C=O) groups is 1. The number of rotatable bonds is 12. The summed E-state index contributed by atoms with van der Waals surface area (Å²) in [7, 11) is 0. The molecular formula is C16H32O2. The van der Waals surface area contributed by atoms with Crippen molar-refractivity contribution in [3.05, 3.63) is 0 Å². The van der Waals surface area contributed by atoms with Gasteiger partial charge in [0.25, 0.3) is 0 Å². The van der Waals surface area contributed by atoms with Crippen molar-refractivity contribution in [2.45, 2.75) is 85.0 Å². The maximum atomic E-state index is 11.8. The van der Waals surface area contributed by atoms with Gasteiger partial charge < -0.3 is 4.74 Å². The molecule has 0 saturated heterocycles. The summed E-state index contributed by atoms with van der Waals surface area (Å²) in [6.07, 6.45) is 11.6. The summed E-state index contributed by atoms with van der Waals surface area (Å²) < 4.78 is 5.36. The highest BCUT2D eigenvalue weighted by molar-refractivity contribution is 5.72. The van der Waals surface area contributed by atoms with Gasteiger partial charge in [-0.15, -0.1) is 0 Å². The molecule has 0 radical (unpaired) electrons. The molecule has 0 spiro atoms. The van der Waals surface area contributed by atoms with Gasteiger partial charge >= 0.3 is 5.97 Å². The van der Waals surface area contributed by atoms with Gasteiger partial charge in [-0.25, -0.2) is 0 Å². The molecule has 1 unspecified atom stereocenters. The molecule has 2 heteroatoms. The summed E-state index contributed by atoms with van der Waals surface area (Å²) in [5.74, 6) is 0.157. The molecule has 0 aromatic carbocycles. The number of carbonyl (C=O) groups excluding carboxylic acids is 1. The van der Waals surface area contributed by atoms with Gasteiger partial charge in [-0.3, -0.25) is 4.79 Å². The summed E-state index contributed by atoms with van der Waals surface area (Å²) in [6, 6.07) is 0. The Morgan fingerprint density at radius 3 is 2.11 bits per heavy atom. The normalized spacial score (nSPS) is 12.4. The lowest BCUT2D eigenvalue weighted by molar-refractivity contribution is -0.149. The molecule has 0 amide bonds. The Balaban J connectivity index is 3.49. The SMILES string of the molecule is CCCCCCCCOC(=O)C(CC)CCCC. The zero-order valence-corrected chi connectivity index (χ0v) is 12.7. The Labute approximate surface area is 113 Å². The van der Waals surface area contributed by atoms with Gasteiger partial charge in [0.15, 0.2) is 0 Å². The highest BCUT2D eigenvalue weighted by Crippen LogP contribution is 2.14. The maximum Gasteiger partial charge on any atom is 0.308 e. The molecule has 0 aliphatic carbocycles. The first-order chi connectivity index (χ1) is 8.76. The van der Waals surface area contributed by atoms with Crippen molar-refractivity contribution in [3.8, 4) is 0 Å². The Morgan fingerprint density at radius 2 is 1.50 bits per heavy atom. The number of hydrogen-bond donors (Lipinski definition) is 0. The smallest absolute Gasteiger partial charge is 0.308 e. The Morgan fingerprint density at radius 1 is 0.889 bits per heavy atom. The maximum absolute atomic E-state index is 11.8. The average molecular weight is 256 g/mol. The van der Waals surface area contributed by atoms with Crippen LogP contribution >= 0.6 is 0 Å². The number of hydrogen-bond acceptors (Lipinski definition) is 2. The molecule has 0 N–H and O–H groups in total. The van der Waals surface area contributed by atoms with E-state index in [-0.39, 0.29) is 11.9 Å². The topological polar surface area (TPSA) is 26.3 Å². The predicted molar refractivity (Wildman–Crippen MR) is 77.6 cm³/mol. The molecule has 0 aliphatic rings. The van der Waals surface area contributed by atoms with Crippen molar-refractivity contribution in [1.82, 2.24) is 0 Å². The molecule has 0 aromatic heterocycles. The van der Waals surface area contributed by atoms with Crippen LogP contribution in [0.15, 0.2) is 0 Å². The zero-order chi connectivity index (χ0) is 13.6. The van der Waals surface area contributed by atoms with Gasteiger partial charge in [-0.1, -0.05) is 65.7 Å². The lowest BCUT2D eigenvalue weighted by Crippen LogP contribution is -2.17. The lowest BCUT2D eigenvalue weighted by Gasteiger charge is -2.13. The first kappa shape index (κ1) is 17.5. The van der Waals surface area contributed by atoms with Gasteiger partial charge in [-0.2, -0.15) is 0 Å². The summed E-state index contributed by atoms with van der Waals surface area (Å²) in [5.41, 5.74) is 0. The second-order valence-corrected chi connectivity index (χ2v) is 5.18. The Hall–Kier alpha value is -0.530. The fourth-order valence-corrected chi connectivity index (χ4v) is 2.11. The van der Waals surface area contributed by atoms with Crippen molar-refractivity contribution in [2.24, 2.45) is 5.92 Å². The van der Waals surface area contributed by atoms with E-state index in [0.717, 1.165) is 32.1 Å². The third-order valence-electron chi connectivity index (χ3n) is 3.47. The first-order valence-corrected chi connectivity index (χ1v) is 7.92. The van der Waals surface area contributed by atoms with E-state index in [1.807, 2.05) is 0 Å². The molecule has 0 fully saturated rings. The second-order valence-electron chi connectivity index (χ2n) is 5.18. The van der Waals surface area contributed by atoms with E-state index in [9.17, 15) is 4.79 Å². The van der Waals surface area contributed by atoms with Gasteiger partial charge in [0.1, 0.15) is 0 Å². The Bertz CT molecular complexity index is 190. The fourth-order valence-electron chi connectivity index (χ4n) is 2.11. The van der Waals surface area contributed by atoms with Crippen molar-refractivity contribution in [1.29, 1.82) is 0 Å². The minimum absolute atomic E-state index is 0.0273. The van der Waals surface area contributed by atoms with Crippen LogP contribution in [0.2, 0.25) is 0 Å². The minimum Gasteiger partial charge on any atom is -0.465 e. The van der Waals surface area contributed by atoms with Crippen LogP contribution in [0.3, 0.4) is 0 Å². The van der Waals surface area contributed by atoms with Crippen molar-refractivity contribution >= 4 is 5.97 Å². The number of unbranched alkanes of at least 4 members (excludes halogenated alkanes) is 6. The van der Waals surface area contributed by atoms with Gasteiger partial charge in [0.05, 0.1) is 12.5 Å². The van der Waals surface area contributed by atoms with E-state index in [2.05, 4.69) is 20.8 Å². The summed E-state index contributed by atoms with van der Waals surface area (Å²) >= 11 is 0. The third-order valence-corrected chi connectivity index (χ3v) is 3.47. The summed E-state index contributed by atoms with van der Waals surface area (Å²) in [6.45, 7) is 7.08. The monoisotopic (exact) mass is 256 g/mol. The zero-order valence-electron chi connectivity index (χ0n) is 12.7. The van der Waals surface area contributed by atoms with Crippen LogP contribution in [0.25, 0.3) is 0 Å². The fraction of sp³-hybridized carbons (Fsp3) is 0.938. The molecule has 0 bridgehead atoms. The van der Waals surface area contributed by atoms with E-state index in [1.165, 1.54) is 32.1 Å². The molecule has 2 nitrogen and oxygen atoms in total. The summed E-state index contributed by atoms with van der Waals surface area (Å²) in [4.78, 5) is 11.8. The van der Waals surface area contributed by atoms with Gasteiger partial charge in [0.2, 0.25) is 0 Å². The molecule has 1 atom stereocenters. The summed E-state index contributed by atoms with van der Waals surface area (Å²) in [5, 5.41) is 0. The van der Waals surface area contributed by atoms with Gasteiger partial charge in [0, 0.05) is 0 Å². The van der Waals surface area contributed by atoms with Crippen LogP contribution in [-0.4, -0.2) is 12.6 Å². The van der Waals surface area contributed by atoms with Crippen molar-refractivity contribution < 1.29 is 9.53 Å². The van der Waals surface area contributed by atoms with Crippen molar-refractivity contribution in [3.63, 3.8) is 0 Å². The highest BCUT2D eigenvalue weighted by Gasteiger charge is 2.16. The van der Waals surface area contributed by atoms with E-state index >= 15 is 0 Å². The molecule has 18 heavy (non-hydrogen) atoms. The van der Waals surface area contributed by atoms with Crippen LogP contribution in [-0.2, 0) is 9.53 Å². The molecule has 0 heterocycles. The molecule has 0 aromatic rings. The van der Waals surface area contributed by atoms with Crippen LogP contribution in [0.5, 0.6) is 0 Å². The molecule has 0 rings (SSSR count). The van der Waals surface area contributed by atoms with E-state index < -0.39 is 0 Å². The van der Waals surface area contributed by atoms with Gasteiger partial charge in [-0.05, 0) is 19.3 Å². The molecule has 0 aliphatic heterocycles. The van der Waals surface area contributed by atoms with Crippen molar-refractivity contribution in [2.75, 3.05) is 6.61 Å². The number of esters is 1. The second kappa shape index (κ2) is 12.9. The Kier molecular flexibility index (Phi) is 12.5. The number of ether oxygens (including phenoxy) is 1. The quantitative estimate of drug-likeness (QED) is 0.358. The van der Waals surface area contributed by atoms with Crippen LogP contribution in [0.1, 0.15) is 85.0 Å². The molecule has 0 saturated carbocycles. The largest absolute Gasteiger partial charge is 0.465 e. The van der Waals surface area contributed by atoms with Crippen LogP contribution in [0, 0.1) is 5.92 Å². The predicted octanol–water partition coefficient (Wildman–Crippen LogP) is 5.11.